The SMILES string of the molecule is CC(C)(C)[C@H](c1cc(F)ccc1O)N1CCNCC1.Cl.Cl. The van der Waals surface area contributed by atoms with Crippen molar-refractivity contribution in [3.8, 4) is 5.75 Å². The zero-order valence-corrected chi connectivity index (χ0v) is 14.4. The van der Waals surface area contributed by atoms with E-state index in [1.165, 1.54) is 18.2 Å². The van der Waals surface area contributed by atoms with E-state index in [0.29, 0.717) is 5.56 Å². The first-order valence-electron chi connectivity index (χ1n) is 6.83. The minimum absolute atomic E-state index is 0. The number of phenolic OH excluding ortho intramolecular Hbond substituents is 1. The van der Waals surface area contributed by atoms with E-state index in [1.54, 1.807) is 0 Å². The van der Waals surface area contributed by atoms with Gasteiger partial charge in [-0.25, -0.2) is 4.39 Å². The van der Waals surface area contributed by atoms with E-state index in [-0.39, 0.29) is 47.8 Å². The summed E-state index contributed by atoms with van der Waals surface area (Å²) in [6.45, 7) is 10.1. The van der Waals surface area contributed by atoms with Crippen molar-refractivity contribution in [2.24, 2.45) is 5.41 Å². The molecular weight excluding hydrogens is 314 g/mol. The van der Waals surface area contributed by atoms with Crippen molar-refractivity contribution in [3.05, 3.63) is 29.6 Å². The van der Waals surface area contributed by atoms with Gasteiger partial charge in [0, 0.05) is 37.8 Å². The quantitative estimate of drug-likeness (QED) is 0.867. The maximum Gasteiger partial charge on any atom is 0.123 e. The van der Waals surface area contributed by atoms with Crippen LogP contribution in [0.2, 0.25) is 0 Å². The van der Waals surface area contributed by atoms with Crippen LogP contribution in [0.4, 0.5) is 4.39 Å². The topological polar surface area (TPSA) is 35.5 Å². The Morgan fingerprint density at radius 1 is 1.19 bits per heavy atom. The summed E-state index contributed by atoms with van der Waals surface area (Å²) in [7, 11) is 0. The molecule has 122 valence electrons. The monoisotopic (exact) mass is 338 g/mol. The fraction of sp³-hybridized carbons (Fsp3) is 0.600. The number of hydrogen-bond donors (Lipinski definition) is 2. The summed E-state index contributed by atoms with van der Waals surface area (Å²) in [5.74, 6) is -0.114. The minimum atomic E-state index is -0.294. The van der Waals surface area contributed by atoms with E-state index in [9.17, 15) is 9.50 Å². The van der Waals surface area contributed by atoms with Crippen molar-refractivity contribution >= 4 is 24.8 Å². The summed E-state index contributed by atoms with van der Waals surface area (Å²) in [5.41, 5.74) is 0.622. The highest BCUT2D eigenvalue weighted by Gasteiger charge is 2.34. The molecule has 3 nitrogen and oxygen atoms in total. The molecule has 6 heteroatoms. The van der Waals surface area contributed by atoms with Crippen LogP contribution in [0, 0.1) is 11.2 Å². The Hall–Kier alpha value is -0.550. The third-order valence-corrected chi connectivity index (χ3v) is 3.62. The van der Waals surface area contributed by atoms with Gasteiger partial charge in [0.05, 0.1) is 0 Å². The fourth-order valence-corrected chi connectivity index (χ4v) is 2.90. The summed E-state index contributed by atoms with van der Waals surface area (Å²) in [6, 6.07) is 4.24. The van der Waals surface area contributed by atoms with Gasteiger partial charge in [0.15, 0.2) is 0 Å². The number of benzene rings is 1. The zero-order valence-electron chi connectivity index (χ0n) is 12.7. The molecule has 0 aromatic heterocycles. The Morgan fingerprint density at radius 2 is 1.76 bits per heavy atom. The lowest BCUT2D eigenvalue weighted by Crippen LogP contribution is -2.48. The first-order valence-corrected chi connectivity index (χ1v) is 6.83. The van der Waals surface area contributed by atoms with E-state index in [2.05, 4.69) is 31.0 Å². The fourth-order valence-electron chi connectivity index (χ4n) is 2.90. The Balaban J connectivity index is 0.00000200. The van der Waals surface area contributed by atoms with Gasteiger partial charge in [0.25, 0.3) is 0 Å². The Bertz CT molecular complexity index is 446. The van der Waals surface area contributed by atoms with Crippen LogP contribution in [0.5, 0.6) is 5.75 Å². The molecule has 2 N–H and O–H groups in total. The van der Waals surface area contributed by atoms with Crippen LogP contribution in [0.25, 0.3) is 0 Å². The van der Waals surface area contributed by atoms with E-state index < -0.39 is 0 Å². The van der Waals surface area contributed by atoms with Gasteiger partial charge >= 0.3 is 0 Å². The molecule has 0 aliphatic carbocycles. The van der Waals surface area contributed by atoms with Crippen molar-refractivity contribution < 1.29 is 9.50 Å². The standard InChI is InChI=1S/C15H23FN2O.2ClH/c1-15(2,3)14(18-8-6-17-7-9-18)12-10-11(16)4-5-13(12)19;;/h4-5,10,14,17,19H,6-9H2,1-3H3;2*1H/t14-;;/m0../s1. The largest absolute Gasteiger partial charge is 0.508 e. The summed E-state index contributed by atoms with van der Waals surface area (Å²) >= 11 is 0. The van der Waals surface area contributed by atoms with Crippen LogP contribution in [0.3, 0.4) is 0 Å². The maximum absolute atomic E-state index is 13.5. The maximum atomic E-state index is 13.5. The van der Waals surface area contributed by atoms with E-state index >= 15 is 0 Å². The van der Waals surface area contributed by atoms with Gasteiger partial charge in [0.2, 0.25) is 0 Å². The lowest BCUT2D eigenvalue weighted by molar-refractivity contribution is 0.0840. The van der Waals surface area contributed by atoms with Gasteiger partial charge < -0.3 is 10.4 Å². The number of aromatic hydroxyl groups is 1. The molecule has 2 rings (SSSR count). The summed E-state index contributed by atoms with van der Waals surface area (Å²) < 4.78 is 13.5. The molecule has 1 aromatic carbocycles. The number of nitrogens with one attached hydrogen (secondary N) is 1. The Kier molecular flexibility index (Phi) is 7.97. The van der Waals surface area contributed by atoms with Gasteiger partial charge in [-0.1, -0.05) is 20.8 Å². The number of hydrogen-bond acceptors (Lipinski definition) is 3. The number of rotatable bonds is 2. The second kappa shape index (κ2) is 8.18. The second-order valence-corrected chi connectivity index (χ2v) is 6.26. The molecule has 0 unspecified atom stereocenters. The molecule has 1 fully saturated rings. The summed E-state index contributed by atoms with van der Waals surface area (Å²) in [4.78, 5) is 2.32. The van der Waals surface area contributed by atoms with Crippen LogP contribution in [-0.2, 0) is 0 Å². The average Bonchev–Trinajstić information content (AvgIpc) is 2.33. The zero-order chi connectivity index (χ0) is 14.0. The molecule has 1 heterocycles. The van der Waals surface area contributed by atoms with Crippen LogP contribution in [0.1, 0.15) is 32.4 Å². The van der Waals surface area contributed by atoms with Crippen molar-refractivity contribution in [1.29, 1.82) is 0 Å². The molecule has 0 amide bonds. The molecule has 1 saturated heterocycles. The predicted octanol–water partition coefficient (Wildman–Crippen LogP) is 3.37. The highest BCUT2D eigenvalue weighted by molar-refractivity contribution is 5.85. The summed E-state index contributed by atoms with van der Waals surface area (Å²) in [6.07, 6.45) is 0. The van der Waals surface area contributed by atoms with Crippen molar-refractivity contribution in [3.63, 3.8) is 0 Å². The molecule has 0 spiro atoms. The minimum Gasteiger partial charge on any atom is -0.508 e. The molecular formula is C15H25Cl2FN2O. The lowest BCUT2D eigenvalue weighted by atomic mass is 9.80. The molecule has 0 radical (unpaired) electrons. The molecule has 0 bridgehead atoms. The second-order valence-electron chi connectivity index (χ2n) is 6.26. The van der Waals surface area contributed by atoms with E-state index in [1.807, 2.05) is 0 Å². The summed E-state index contributed by atoms with van der Waals surface area (Å²) in [5, 5.41) is 13.4. The van der Waals surface area contributed by atoms with E-state index in [0.717, 1.165) is 26.2 Å². The molecule has 0 saturated carbocycles. The average molecular weight is 339 g/mol. The van der Waals surface area contributed by atoms with Crippen molar-refractivity contribution in [1.82, 2.24) is 10.2 Å². The van der Waals surface area contributed by atoms with Gasteiger partial charge in [-0.05, 0) is 23.6 Å². The molecule has 1 aliphatic heterocycles. The highest BCUT2D eigenvalue weighted by Crippen LogP contribution is 2.41. The van der Waals surface area contributed by atoms with Crippen LogP contribution >= 0.6 is 24.8 Å². The van der Waals surface area contributed by atoms with Crippen molar-refractivity contribution in [2.75, 3.05) is 26.2 Å². The number of nitrogens with zero attached hydrogens (tertiary/aromatic N) is 1. The number of phenols is 1. The molecule has 1 aromatic rings. The van der Waals surface area contributed by atoms with Crippen molar-refractivity contribution in [2.45, 2.75) is 26.8 Å². The highest BCUT2D eigenvalue weighted by atomic mass is 35.5. The number of halogens is 3. The van der Waals surface area contributed by atoms with Gasteiger partial charge in [-0.3, -0.25) is 4.90 Å². The van der Waals surface area contributed by atoms with Crippen LogP contribution in [-0.4, -0.2) is 36.2 Å². The lowest BCUT2D eigenvalue weighted by Gasteiger charge is -2.42. The normalized spacial score (nSPS) is 17.5. The third kappa shape index (κ3) is 4.99. The first-order chi connectivity index (χ1) is 8.89. The molecule has 1 aliphatic rings. The first kappa shape index (κ1) is 20.5. The number of piperazine rings is 1. The Labute approximate surface area is 138 Å². The van der Waals surface area contributed by atoms with Crippen LogP contribution < -0.4 is 5.32 Å². The van der Waals surface area contributed by atoms with Gasteiger partial charge in [0.1, 0.15) is 11.6 Å². The van der Waals surface area contributed by atoms with Gasteiger partial charge in [-0.2, -0.15) is 0 Å². The van der Waals surface area contributed by atoms with Crippen LogP contribution in [0.15, 0.2) is 18.2 Å². The predicted molar refractivity (Wildman–Crippen MR) is 89.2 cm³/mol. The smallest absolute Gasteiger partial charge is 0.123 e. The van der Waals surface area contributed by atoms with E-state index in [4.69, 9.17) is 0 Å². The third-order valence-electron chi connectivity index (χ3n) is 3.62. The molecule has 21 heavy (non-hydrogen) atoms. The Morgan fingerprint density at radius 3 is 2.29 bits per heavy atom. The van der Waals surface area contributed by atoms with Gasteiger partial charge in [-0.15, -0.1) is 24.8 Å². The molecule has 1 atom stereocenters.